The van der Waals surface area contributed by atoms with Crippen molar-refractivity contribution in [1.82, 2.24) is 4.90 Å². The molecule has 0 aliphatic heterocycles. The second-order valence-corrected chi connectivity index (χ2v) is 4.78. The molecule has 1 saturated carbocycles. The van der Waals surface area contributed by atoms with Gasteiger partial charge in [-0.05, 0) is 38.8 Å². The topological polar surface area (TPSA) is 15.6 Å². The summed E-state index contributed by atoms with van der Waals surface area (Å²) in [5.41, 5.74) is 3.99. The first-order valence-electron chi connectivity index (χ1n) is 5.88. The molecule has 16 heavy (non-hydrogen) atoms. The first kappa shape index (κ1) is 11.2. The summed E-state index contributed by atoms with van der Waals surface area (Å²) in [6, 6.07) is 0. The van der Waals surface area contributed by atoms with Gasteiger partial charge in [0.05, 0.1) is 5.71 Å². The van der Waals surface area contributed by atoms with Crippen LogP contribution in [0.1, 0.15) is 26.7 Å². The van der Waals surface area contributed by atoms with Crippen molar-refractivity contribution >= 4 is 5.71 Å². The van der Waals surface area contributed by atoms with E-state index in [0.29, 0.717) is 5.54 Å². The minimum absolute atomic E-state index is 0.365. The summed E-state index contributed by atoms with van der Waals surface area (Å²) in [5, 5.41) is 0. The van der Waals surface area contributed by atoms with E-state index in [1.807, 2.05) is 7.05 Å². The molecular formula is C14H20N2. The molecule has 2 aliphatic rings. The maximum atomic E-state index is 4.33. The molecule has 0 radical (unpaired) electrons. The smallest absolute Gasteiger partial charge is 0.0660 e. The van der Waals surface area contributed by atoms with Crippen molar-refractivity contribution in [3.63, 3.8) is 0 Å². The van der Waals surface area contributed by atoms with E-state index in [2.05, 4.69) is 55.1 Å². The van der Waals surface area contributed by atoms with Gasteiger partial charge in [-0.15, -0.1) is 0 Å². The lowest BCUT2D eigenvalue weighted by Crippen LogP contribution is -2.32. The van der Waals surface area contributed by atoms with Gasteiger partial charge in [0.2, 0.25) is 0 Å². The van der Waals surface area contributed by atoms with Crippen LogP contribution in [-0.4, -0.2) is 30.2 Å². The zero-order valence-electron chi connectivity index (χ0n) is 10.6. The van der Waals surface area contributed by atoms with Crippen molar-refractivity contribution in [3.8, 4) is 0 Å². The number of hydrogen-bond acceptors (Lipinski definition) is 2. The third-order valence-corrected chi connectivity index (χ3v) is 3.73. The van der Waals surface area contributed by atoms with Gasteiger partial charge in [0.15, 0.2) is 0 Å². The molecule has 0 atom stereocenters. The minimum Gasteiger partial charge on any atom is -0.369 e. The van der Waals surface area contributed by atoms with Crippen LogP contribution in [-0.2, 0) is 0 Å². The Hall–Kier alpha value is -1.31. The van der Waals surface area contributed by atoms with Gasteiger partial charge in [-0.3, -0.25) is 4.99 Å². The zero-order chi connectivity index (χ0) is 11.8. The Morgan fingerprint density at radius 3 is 2.62 bits per heavy atom. The van der Waals surface area contributed by atoms with Gasteiger partial charge in [-0.2, -0.15) is 0 Å². The summed E-state index contributed by atoms with van der Waals surface area (Å²) in [4.78, 5) is 6.73. The van der Waals surface area contributed by atoms with E-state index in [4.69, 9.17) is 0 Å². The molecule has 0 saturated heterocycles. The summed E-state index contributed by atoms with van der Waals surface area (Å²) in [6.07, 6.45) is 11.1. The molecule has 86 valence electrons. The highest BCUT2D eigenvalue weighted by Crippen LogP contribution is 2.43. The van der Waals surface area contributed by atoms with Crippen LogP contribution in [0.5, 0.6) is 0 Å². The van der Waals surface area contributed by atoms with Crippen LogP contribution in [0.4, 0.5) is 0 Å². The average Bonchev–Trinajstić information content (AvgIpc) is 3.06. The molecule has 0 aromatic carbocycles. The minimum atomic E-state index is 0.365. The summed E-state index contributed by atoms with van der Waals surface area (Å²) in [7, 11) is 4.04. The van der Waals surface area contributed by atoms with Gasteiger partial charge < -0.3 is 4.90 Å². The standard InChI is InChI=1S/C14H20N2/c1-5-11-12(15-3)7-6-8-13(11)16(4)14(2)9-10-14/h5-8H,9-10H2,1-4H3/b11-5+,15-12-. The number of aliphatic imine (C=N–C) groups is 1. The van der Waals surface area contributed by atoms with Gasteiger partial charge in [0.25, 0.3) is 0 Å². The molecule has 2 nitrogen and oxygen atoms in total. The van der Waals surface area contributed by atoms with Crippen LogP contribution >= 0.6 is 0 Å². The predicted octanol–water partition coefficient (Wildman–Crippen LogP) is 2.94. The maximum Gasteiger partial charge on any atom is 0.0660 e. The molecule has 2 heteroatoms. The van der Waals surface area contributed by atoms with E-state index < -0.39 is 0 Å². The molecule has 0 aromatic rings. The van der Waals surface area contributed by atoms with Crippen LogP contribution in [0.15, 0.2) is 40.6 Å². The van der Waals surface area contributed by atoms with Crippen LogP contribution in [0.25, 0.3) is 0 Å². The second-order valence-electron chi connectivity index (χ2n) is 4.78. The Labute approximate surface area is 98.1 Å². The Morgan fingerprint density at radius 2 is 2.12 bits per heavy atom. The van der Waals surface area contributed by atoms with E-state index >= 15 is 0 Å². The molecule has 0 heterocycles. The van der Waals surface area contributed by atoms with E-state index in [0.717, 1.165) is 5.71 Å². The lowest BCUT2D eigenvalue weighted by atomic mass is 9.99. The lowest BCUT2D eigenvalue weighted by molar-refractivity contribution is 0.310. The molecule has 0 N–H and O–H groups in total. The first-order valence-corrected chi connectivity index (χ1v) is 5.88. The average molecular weight is 216 g/mol. The third-order valence-electron chi connectivity index (χ3n) is 3.73. The van der Waals surface area contributed by atoms with Gasteiger partial charge in [0.1, 0.15) is 0 Å². The second kappa shape index (κ2) is 3.93. The highest BCUT2D eigenvalue weighted by molar-refractivity contribution is 6.12. The molecule has 0 spiro atoms. The summed E-state index contributed by atoms with van der Waals surface area (Å²) < 4.78 is 0. The maximum absolute atomic E-state index is 4.33. The van der Waals surface area contributed by atoms with Crippen molar-refractivity contribution in [2.24, 2.45) is 4.99 Å². The van der Waals surface area contributed by atoms with E-state index in [-0.39, 0.29) is 0 Å². The Kier molecular flexibility index (Phi) is 2.75. The molecule has 1 fully saturated rings. The van der Waals surface area contributed by atoms with E-state index in [1.54, 1.807) is 0 Å². The highest BCUT2D eigenvalue weighted by Gasteiger charge is 2.42. The van der Waals surface area contributed by atoms with Crippen molar-refractivity contribution < 1.29 is 0 Å². The molecule has 2 aliphatic carbocycles. The molecule has 0 bridgehead atoms. The van der Waals surface area contributed by atoms with Gasteiger partial charge in [-0.1, -0.05) is 12.2 Å². The number of hydrogen-bond donors (Lipinski definition) is 0. The largest absolute Gasteiger partial charge is 0.369 e. The molecule has 0 amide bonds. The van der Waals surface area contributed by atoms with Crippen molar-refractivity contribution in [3.05, 3.63) is 35.6 Å². The monoisotopic (exact) mass is 216 g/mol. The normalized spacial score (nSPS) is 27.1. The van der Waals surface area contributed by atoms with Gasteiger partial charge in [0, 0.05) is 30.9 Å². The van der Waals surface area contributed by atoms with Gasteiger partial charge in [-0.25, -0.2) is 0 Å². The van der Waals surface area contributed by atoms with Crippen LogP contribution in [0.2, 0.25) is 0 Å². The number of likely N-dealkylation sites (N-methyl/N-ethyl adjacent to an activating group) is 1. The summed E-state index contributed by atoms with van der Waals surface area (Å²) >= 11 is 0. The van der Waals surface area contributed by atoms with E-state index in [9.17, 15) is 0 Å². The van der Waals surface area contributed by atoms with Crippen molar-refractivity contribution in [1.29, 1.82) is 0 Å². The highest BCUT2D eigenvalue weighted by atomic mass is 15.2. The fourth-order valence-corrected chi connectivity index (χ4v) is 2.13. The molecule has 0 aromatic heterocycles. The van der Waals surface area contributed by atoms with Crippen LogP contribution < -0.4 is 0 Å². The van der Waals surface area contributed by atoms with Crippen molar-refractivity contribution in [2.75, 3.05) is 14.1 Å². The molecule has 0 unspecified atom stereocenters. The number of allylic oxidation sites excluding steroid dienone is 5. The third kappa shape index (κ3) is 1.73. The lowest BCUT2D eigenvalue weighted by Gasteiger charge is -2.32. The summed E-state index contributed by atoms with van der Waals surface area (Å²) in [6.45, 7) is 4.40. The Bertz CT molecular complexity index is 406. The number of rotatable bonds is 2. The SMILES string of the molecule is C/C=C1/C(N(C)C2(C)CC2)=CC=C/C1=N/C. The summed E-state index contributed by atoms with van der Waals surface area (Å²) in [5.74, 6) is 0. The predicted molar refractivity (Wildman–Crippen MR) is 69.7 cm³/mol. The van der Waals surface area contributed by atoms with Gasteiger partial charge >= 0.3 is 0 Å². The van der Waals surface area contributed by atoms with Crippen LogP contribution in [0.3, 0.4) is 0 Å². The fourth-order valence-electron chi connectivity index (χ4n) is 2.13. The Balaban J connectivity index is 2.33. The first-order chi connectivity index (χ1) is 7.62. The fraction of sp³-hybridized carbons (Fsp3) is 0.500. The zero-order valence-corrected chi connectivity index (χ0v) is 10.6. The Morgan fingerprint density at radius 1 is 1.44 bits per heavy atom. The van der Waals surface area contributed by atoms with E-state index in [1.165, 1.54) is 24.1 Å². The van der Waals surface area contributed by atoms with Crippen LogP contribution in [0, 0.1) is 0 Å². The quantitative estimate of drug-likeness (QED) is 0.693. The molecular weight excluding hydrogens is 196 g/mol. The number of nitrogens with zero attached hydrogens (tertiary/aromatic N) is 2. The molecule has 2 rings (SSSR count). The van der Waals surface area contributed by atoms with Crippen molar-refractivity contribution in [2.45, 2.75) is 32.2 Å².